The second kappa shape index (κ2) is 7.58. The lowest BCUT2D eigenvalue weighted by Crippen LogP contribution is -2.34. The summed E-state index contributed by atoms with van der Waals surface area (Å²) >= 11 is 6.22. The van der Waals surface area contributed by atoms with Gasteiger partial charge in [0, 0.05) is 48.7 Å². The van der Waals surface area contributed by atoms with Crippen LogP contribution in [-0.2, 0) is 13.6 Å². The van der Waals surface area contributed by atoms with Gasteiger partial charge < -0.3 is 9.80 Å². The van der Waals surface area contributed by atoms with Crippen molar-refractivity contribution in [2.45, 2.75) is 45.2 Å². The molecule has 1 saturated heterocycles. The Morgan fingerprint density at radius 2 is 1.97 bits per heavy atom. The number of rotatable bonds is 5. The molecule has 1 saturated carbocycles. The molecule has 0 atom stereocenters. The fraction of sp³-hybridized carbons (Fsp3) is 0.435. The van der Waals surface area contributed by atoms with Crippen LogP contribution in [0.2, 0.25) is 5.02 Å². The van der Waals surface area contributed by atoms with E-state index >= 15 is 0 Å². The zero-order chi connectivity index (χ0) is 20.8. The molecule has 3 heterocycles. The first-order chi connectivity index (χ1) is 14.5. The first-order valence-corrected chi connectivity index (χ1v) is 11.0. The van der Waals surface area contributed by atoms with Crippen LogP contribution in [0.4, 0.5) is 5.82 Å². The maximum atomic E-state index is 13.4. The Hall–Kier alpha value is -2.60. The molecule has 1 amide bonds. The molecule has 0 N–H and O–H groups in total. The number of anilines is 1. The summed E-state index contributed by atoms with van der Waals surface area (Å²) in [5.74, 6) is 1.03. The molecule has 1 aromatic carbocycles. The average Bonchev–Trinajstić information content (AvgIpc) is 3.29. The molecule has 2 aromatic heterocycles. The summed E-state index contributed by atoms with van der Waals surface area (Å²) in [4.78, 5) is 22.8. The summed E-state index contributed by atoms with van der Waals surface area (Å²) in [6.07, 6.45) is 4.46. The number of carbonyl (C=O) groups is 1. The second-order valence-corrected chi connectivity index (χ2v) is 8.90. The van der Waals surface area contributed by atoms with Gasteiger partial charge in [0.1, 0.15) is 11.5 Å². The normalized spacial score (nSPS) is 16.4. The van der Waals surface area contributed by atoms with Crippen LogP contribution in [0.15, 0.2) is 30.3 Å². The van der Waals surface area contributed by atoms with E-state index in [2.05, 4.69) is 16.1 Å². The third-order valence-electron chi connectivity index (χ3n) is 6.05. The van der Waals surface area contributed by atoms with Gasteiger partial charge in [0.05, 0.1) is 11.2 Å². The van der Waals surface area contributed by atoms with Crippen molar-refractivity contribution in [2.75, 3.05) is 18.0 Å². The Balaban J connectivity index is 1.55. The fourth-order valence-electron chi connectivity index (χ4n) is 4.39. The summed E-state index contributed by atoms with van der Waals surface area (Å²) < 4.78 is 1.69. The molecule has 6 nitrogen and oxygen atoms in total. The number of nitrogens with zero attached hydrogens (tertiary/aromatic N) is 5. The number of hydrogen-bond donors (Lipinski definition) is 0. The minimum atomic E-state index is 0.0455. The van der Waals surface area contributed by atoms with E-state index < -0.39 is 0 Å². The first kappa shape index (κ1) is 19.4. The minimum Gasteiger partial charge on any atom is -0.356 e. The Bertz CT molecular complexity index is 1110. The molecule has 7 heteroatoms. The van der Waals surface area contributed by atoms with Crippen molar-refractivity contribution in [1.29, 1.82) is 0 Å². The van der Waals surface area contributed by atoms with E-state index in [4.69, 9.17) is 16.6 Å². The van der Waals surface area contributed by atoms with E-state index in [1.807, 2.05) is 43.1 Å². The molecule has 30 heavy (non-hydrogen) atoms. The number of benzene rings is 1. The van der Waals surface area contributed by atoms with E-state index in [-0.39, 0.29) is 5.91 Å². The van der Waals surface area contributed by atoms with Crippen LogP contribution in [-0.4, -0.2) is 44.7 Å². The van der Waals surface area contributed by atoms with Crippen LogP contribution in [0.5, 0.6) is 0 Å². The highest BCUT2D eigenvalue weighted by atomic mass is 35.5. The van der Waals surface area contributed by atoms with Gasteiger partial charge in [0.2, 0.25) is 0 Å². The van der Waals surface area contributed by atoms with Gasteiger partial charge in [-0.2, -0.15) is 5.10 Å². The number of carbonyl (C=O) groups excluding carboxylic acids is 1. The van der Waals surface area contributed by atoms with Gasteiger partial charge >= 0.3 is 0 Å². The SMILES string of the molecule is Cc1cc(C(=O)N(Cc2cc3ccc(Cl)cc3nc2N2CCCC2)C2CC2)n(C)n1. The number of aryl methyl sites for hydroxylation is 2. The highest BCUT2D eigenvalue weighted by Gasteiger charge is 2.35. The van der Waals surface area contributed by atoms with Crippen LogP contribution in [0.1, 0.15) is 47.4 Å². The van der Waals surface area contributed by atoms with Crippen molar-refractivity contribution >= 4 is 34.2 Å². The summed E-state index contributed by atoms with van der Waals surface area (Å²) in [5.41, 5.74) is 3.51. The molecule has 3 aromatic rings. The van der Waals surface area contributed by atoms with Gasteiger partial charge in [0.25, 0.3) is 5.91 Å². The summed E-state index contributed by atoms with van der Waals surface area (Å²) in [6.45, 7) is 4.49. The quantitative estimate of drug-likeness (QED) is 0.612. The first-order valence-electron chi connectivity index (χ1n) is 10.7. The predicted octanol–water partition coefficient (Wildman–Crippen LogP) is 4.34. The molecule has 0 radical (unpaired) electrons. The fourth-order valence-corrected chi connectivity index (χ4v) is 4.55. The van der Waals surface area contributed by atoms with E-state index in [1.165, 1.54) is 12.8 Å². The minimum absolute atomic E-state index is 0.0455. The molecule has 1 aliphatic heterocycles. The van der Waals surface area contributed by atoms with Crippen LogP contribution in [0, 0.1) is 6.92 Å². The summed E-state index contributed by atoms with van der Waals surface area (Å²) in [7, 11) is 1.84. The van der Waals surface area contributed by atoms with Crippen molar-refractivity contribution in [3.8, 4) is 0 Å². The molecule has 1 aliphatic carbocycles. The maximum Gasteiger partial charge on any atom is 0.272 e. The maximum absolute atomic E-state index is 13.4. The highest BCUT2D eigenvalue weighted by molar-refractivity contribution is 6.31. The second-order valence-electron chi connectivity index (χ2n) is 8.46. The third kappa shape index (κ3) is 3.65. The van der Waals surface area contributed by atoms with Gasteiger partial charge in [-0.15, -0.1) is 0 Å². The lowest BCUT2D eigenvalue weighted by Gasteiger charge is -2.26. The Morgan fingerprint density at radius 1 is 1.20 bits per heavy atom. The van der Waals surface area contributed by atoms with Crippen molar-refractivity contribution in [3.63, 3.8) is 0 Å². The Labute approximate surface area is 181 Å². The molecule has 5 rings (SSSR count). The average molecular weight is 424 g/mol. The number of hydrogen-bond acceptors (Lipinski definition) is 4. The van der Waals surface area contributed by atoms with Crippen molar-refractivity contribution in [3.05, 3.63) is 52.3 Å². The van der Waals surface area contributed by atoms with Gasteiger partial charge in [-0.1, -0.05) is 17.7 Å². The van der Waals surface area contributed by atoms with E-state index in [1.54, 1.807) is 4.68 Å². The van der Waals surface area contributed by atoms with Crippen molar-refractivity contribution in [2.24, 2.45) is 7.05 Å². The van der Waals surface area contributed by atoms with E-state index in [9.17, 15) is 4.79 Å². The van der Waals surface area contributed by atoms with Crippen molar-refractivity contribution < 1.29 is 4.79 Å². The number of pyridine rings is 1. The van der Waals surface area contributed by atoms with Crippen LogP contribution in [0.25, 0.3) is 10.9 Å². The standard InChI is InChI=1S/C23H26ClN5O/c1-15-11-21(27(2)26-15)23(30)29(19-7-8-19)14-17-12-16-5-6-18(24)13-20(16)25-22(17)28-9-3-4-10-28/h5-6,11-13,19H,3-4,7-10,14H2,1-2H3. The topological polar surface area (TPSA) is 54.3 Å². The molecular weight excluding hydrogens is 398 g/mol. The number of halogens is 1. The van der Waals surface area contributed by atoms with Crippen molar-refractivity contribution in [1.82, 2.24) is 19.7 Å². The molecule has 0 bridgehead atoms. The van der Waals surface area contributed by atoms with Gasteiger partial charge in [0.15, 0.2) is 0 Å². The summed E-state index contributed by atoms with van der Waals surface area (Å²) in [6, 6.07) is 10.2. The summed E-state index contributed by atoms with van der Waals surface area (Å²) in [5, 5.41) is 6.11. The van der Waals surface area contributed by atoms with Gasteiger partial charge in [-0.25, -0.2) is 4.98 Å². The lowest BCUT2D eigenvalue weighted by atomic mass is 10.1. The largest absolute Gasteiger partial charge is 0.356 e. The monoisotopic (exact) mass is 423 g/mol. The zero-order valence-corrected chi connectivity index (χ0v) is 18.2. The molecule has 156 valence electrons. The molecule has 0 spiro atoms. The van der Waals surface area contributed by atoms with Gasteiger partial charge in [-0.05, 0) is 56.9 Å². The molecule has 2 aliphatic rings. The number of fused-ring (bicyclic) bond motifs is 1. The molecule has 0 unspecified atom stereocenters. The van der Waals surface area contributed by atoms with Gasteiger partial charge in [-0.3, -0.25) is 9.48 Å². The number of amides is 1. The van der Waals surface area contributed by atoms with Crippen LogP contribution < -0.4 is 4.90 Å². The predicted molar refractivity (Wildman–Crippen MR) is 119 cm³/mol. The smallest absolute Gasteiger partial charge is 0.272 e. The molecular formula is C23H26ClN5O. The third-order valence-corrected chi connectivity index (χ3v) is 6.29. The lowest BCUT2D eigenvalue weighted by molar-refractivity contribution is 0.0719. The van der Waals surface area contributed by atoms with E-state index in [0.29, 0.717) is 23.3 Å². The highest BCUT2D eigenvalue weighted by Crippen LogP contribution is 2.34. The van der Waals surface area contributed by atoms with Crippen LogP contribution >= 0.6 is 11.6 Å². The van der Waals surface area contributed by atoms with Crippen LogP contribution in [0.3, 0.4) is 0 Å². The number of aromatic nitrogens is 3. The Morgan fingerprint density at radius 3 is 2.63 bits per heavy atom. The van der Waals surface area contributed by atoms with E-state index in [0.717, 1.165) is 53.9 Å². The zero-order valence-electron chi connectivity index (χ0n) is 17.4. The Kier molecular flexibility index (Phi) is 4.89. The molecule has 2 fully saturated rings.